The van der Waals surface area contributed by atoms with Gasteiger partial charge in [0.25, 0.3) is 0 Å². The van der Waals surface area contributed by atoms with E-state index in [0.29, 0.717) is 39.4 Å². The Hall–Kier alpha value is -1.59. The van der Waals surface area contributed by atoms with Gasteiger partial charge in [0.2, 0.25) is 0 Å². The second-order valence-corrected chi connectivity index (χ2v) is 11.4. The lowest BCUT2D eigenvalue weighted by molar-refractivity contribution is 0.131. The highest BCUT2D eigenvalue weighted by atomic mass is 35.5. The van der Waals surface area contributed by atoms with Crippen molar-refractivity contribution in [1.29, 1.82) is 0 Å². The first kappa shape index (κ1) is 24.1. The maximum Gasteiger partial charge on any atom is 0.106 e. The third-order valence-electron chi connectivity index (χ3n) is 8.73. The highest BCUT2D eigenvalue weighted by Crippen LogP contribution is 2.56. The number of hydrogen-bond donors (Lipinski definition) is 1. The number of hydrogen-bond acceptors (Lipinski definition) is 4. The molecule has 4 nitrogen and oxygen atoms in total. The number of piperidine rings is 2. The van der Waals surface area contributed by atoms with Crippen LogP contribution in [0.2, 0.25) is 10.0 Å². The first-order chi connectivity index (χ1) is 16.4. The molecule has 3 saturated heterocycles. The van der Waals surface area contributed by atoms with Crippen LogP contribution in [-0.2, 0) is 10.3 Å². The second kappa shape index (κ2) is 9.81. The number of aryl methyl sites for hydroxylation is 1. The Morgan fingerprint density at radius 3 is 2.56 bits per heavy atom. The summed E-state index contributed by atoms with van der Waals surface area (Å²) in [5, 5.41) is 8.76. The molecule has 1 N–H and O–H groups in total. The second-order valence-electron chi connectivity index (χ2n) is 10.5. The van der Waals surface area contributed by atoms with E-state index >= 15 is 0 Å². The fourth-order valence-corrected chi connectivity index (χ4v) is 6.93. The van der Waals surface area contributed by atoms with Gasteiger partial charge in [-0.05, 0) is 81.3 Å². The lowest BCUT2D eigenvalue weighted by atomic mass is 9.77. The van der Waals surface area contributed by atoms with Gasteiger partial charge in [-0.25, -0.2) is 0 Å². The van der Waals surface area contributed by atoms with Crippen molar-refractivity contribution in [3.05, 3.63) is 69.2 Å². The van der Waals surface area contributed by atoms with Gasteiger partial charge in [-0.3, -0.25) is 4.90 Å². The molecule has 182 valence electrons. The van der Waals surface area contributed by atoms with Crippen LogP contribution in [0.25, 0.3) is 0 Å². The first-order valence-electron chi connectivity index (χ1n) is 12.4. The Balaban J connectivity index is 0.000000157. The van der Waals surface area contributed by atoms with E-state index in [1.165, 1.54) is 43.5 Å². The molecule has 6 atom stereocenters. The molecule has 1 aliphatic carbocycles. The van der Waals surface area contributed by atoms with Crippen molar-refractivity contribution < 1.29 is 4.84 Å². The van der Waals surface area contributed by atoms with Crippen LogP contribution in [0.1, 0.15) is 48.3 Å². The zero-order valence-electron chi connectivity index (χ0n) is 20.3. The smallest absolute Gasteiger partial charge is 0.106 e. The summed E-state index contributed by atoms with van der Waals surface area (Å²) >= 11 is 12.2. The van der Waals surface area contributed by atoms with E-state index in [-0.39, 0.29) is 0 Å². The van der Waals surface area contributed by atoms with Gasteiger partial charge in [-0.15, -0.1) is 0 Å². The van der Waals surface area contributed by atoms with E-state index in [1.54, 1.807) is 12.7 Å². The largest absolute Gasteiger partial charge is 0.399 e. The minimum absolute atomic E-state index is 0.353. The van der Waals surface area contributed by atoms with Gasteiger partial charge in [-0.2, -0.15) is 0 Å². The van der Waals surface area contributed by atoms with Crippen LogP contribution >= 0.6 is 23.2 Å². The van der Waals surface area contributed by atoms with E-state index < -0.39 is 0 Å². The molecular weight excluding hydrogens is 465 g/mol. The van der Waals surface area contributed by atoms with Crippen molar-refractivity contribution in [3.8, 4) is 0 Å². The first-order valence-corrected chi connectivity index (χ1v) is 13.2. The standard InChI is InChI=1S/C16H20Cl2N2O.C12H15N/c1-20-11-4-6-16(20)13(9-19-21-2)12(8-11)10-3-5-14(17)15(18)7-10;1-9-2-4-10(5-3-9)12-6-11(12)7-13-8-12/h3,5,7,9,11-13,16H,4,6,8H2,1-2H3;2-5,11,13H,6-8H2,1H3/b19-9+;/t11-,12+,13+,16+;/m0./s1. The summed E-state index contributed by atoms with van der Waals surface area (Å²) in [5.41, 5.74) is 4.70. The molecule has 2 aromatic rings. The molecule has 2 unspecified atom stereocenters. The van der Waals surface area contributed by atoms with Crippen molar-refractivity contribution in [1.82, 2.24) is 10.2 Å². The average Bonchev–Trinajstić information content (AvgIpc) is 3.30. The molecule has 3 aliphatic heterocycles. The van der Waals surface area contributed by atoms with E-state index in [9.17, 15) is 0 Å². The van der Waals surface area contributed by atoms with Gasteiger partial charge in [0.15, 0.2) is 0 Å². The molecule has 6 rings (SSSR count). The maximum atomic E-state index is 6.20. The monoisotopic (exact) mass is 499 g/mol. The summed E-state index contributed by atoms with van der Waals surface area (Å²) in [6.07, 6.45) is 6.99. The molecule has 0 radical (unpaired) electrons. The Kier molecular flexibility index (Phi) is 6.96. The number of oxime groups is 1. The summed E-state index contributed by atoms with van der Waals surface area (Å²) < 4.78 is 0. The zero-order valence-corrected chi connectivity index (χ0v) is 21.8. The lowest BCUT2D eigenvalue weighted by Crippen LogP contribution is -2.46. The summed E-state index contributed by atoms with van der Waals surface area (Å²) in [4.78, 5) is 7.42. The Morgan fingerprint density at radius 2 is 1.91 bits per heavy atom. The molecule has 1 saturated carbocycles. The molecule has 34 heavy (non-hydrogen) atoms. The van der Waals surface area contributed by atoms with Crippen molar-refractivity contribution >= 4 is 29.4 Å². The van der Waals surface area contributed by atoms with Crippen molar-refractivity contribution in [2.24, 2.45) is 17.0 Å². The van der Waals surface area contributed by atoms with Gasteiger partial charge in [0.1, 0.15) is 7.11 Å². The number of halogens is 2. The Bertz CT molecular complexity index is 1040. The van der Waals surface area contributed by atoms with Crippen LogP contribution in [0.3, 0.4) is 0 Å². The fraction of sp³-hybridized carbons (Fsp3) is 0.536. The zero-order chi connectivity index (χ0) is 23.9. The summed E-state index contributed by atoms with van der Waals surface area (Å²) in [5.74, 6) is 1.70. The number of rotatable bonds is 4. The number of nitrogens with one attached hydrogen (secondary N) is 1. The number of benzene rings is 2. The fourth-order valence-electron chi connectivity index (χ4n) is 6.62. The van der Waals surface area contributed by atoms with Crippen LogP contribution in [0, 0.1) is 18.8 Å². The van der Waals surface area contributed by atoms with Crippen LogP contribution in [0.5, 0.6) is 0 Å². The minimum Gasteiger partial charge on any atom is -0.399 e. The van der Waals surface area contributed by atoms with Gasteiger partial charge >= 0.3 is 0 Å². The molecule has 6 heteroatoms. The highest BCUT2D eigenvalue weighted by Gasteiger charge is 2.57. The molecule has 0 aromatic heterocycles. The predicted octanol–water partition coefficient (Wildman–Crippen LogP) is 6.05. The van der Waals surface area contributed by atoms with Gasteiger partial charge in [0, 0.05) is 36.2 Å². The van der Waals surface area contributed by atoms with Crippen LogP contribution in [0.15, 0.2) is 47.6 Å². The van der Waals surface area contributed by atoms with Crippen LogP contribution < -0.4 is 5.32 Å². The average molecular weight is 501 g/mol. The SMILES string of the molecule is CO/N=C/[C@@H]1[C@@H](c2ccc(Cl)c(Cl)c2)C[C@@H]2CC[C@H]1N2C.Cc1ccc(C23CNCC2C3)cc1. The summed E-state index contributed by atoms with van der Waals surface area (Å²) in [6, 6.07) is 16.3. The lowest BCUT2D eigenvalue weighted by Gasteiger charge is -2.41. The minimum atomic E-state index is 0.353. The molecule has 2 bridgehead atoms. The van der Waals surface area contributed by atoms with Gasteiger partial charge in [-0.1, -0.05) is 64.3 Å². The Morgan fingerprint density at radius 1 is 1.12 bits per heavy atom. The number of fused-ring (bicyclic) bond motifs is 3. The van der Waals surface area contributed by atoms with Crippen LogP contribution in [0.4, 0.5) is 0 Å². The predicted molar refractivity (Wildman–Crippen MR) is 141 cm³/mol. The van der Waals surface area contributed by atoms with E-state index in [1.807, 2.05) is 18.3 Å². The van der Waals surface area contributed by atoms with Crippen molar-refractivity contribution in [2.45, 2.75) is 56.0 Å². The molecule has 4 aliphatic rings. The van der Waals surface area contributed by atoms with Crippen LogP contribution in [-0.4, -0.2) is 50.4 Å². The van der Waals surface area contributed by atoms with E-state index in [2.05, 4.69) is 59.7 Å². The molecule has 3 heterocycles. The van der Waals surface area contributed by atoms with Crippen molar-refractivity contribution in [3.63, 3.8) is 0 Å². The summed E-state index contributed by atoms with van der Waals surface area (Å²) in [6.45, 7) is 4.58. The molecule has 0 amide bonds. The molecule has 4 fully saturated rings. The topological polar surface area (TPSA) is 36.9 Å². The molecular formula is C28H35Cl2N3O. The van der Waals surface area contributed by atoms with Gasteiger partial charge in [0.05, 0.1) is 10.0 Å². The maximum absolute atomic E-state index is 6.20. The molecule has 0 spiro atoms. The molecule has 2 aromatic carbocycles. The summed E-state index contributed by atoms with van der Waals surface area (Å²) in [7, 11) is 3.82. The third kappa shape index (κ3) is 4.51. The van der Waals surface area contributed by atoms with Crippen molar-refractivity contribution in [2.75, 3.05) is 27.2 Å². The number of nitrogens with zero attached hydrogens (tertiary/aromatic N) is 2. The van der Waals surface area contributed by atoms with E-state index in [4.69, 9.17) is 28.0 Å². The highest BCUT2D eigenvalue weighted by molar-refractivity contribution is 6.42. The quantitative estimate of drug-likeness (QED) is 0.410. The normalized spacial score (nSPS) is 34.0. The van der Waals surface area contributed by atoms with Gasteiger partial charge < -0.3 is 10.2 Å². The third-order valence-corrected chi connectivity index (χ3v) is 9.47. The Labute approximate surface area is 213 Å². The van der Waals surface area contributed by atoms with E-state index in [0.717, 1.165) is 12.3 Å².